The summed E-state index contributed by atoms with van der Waals surface area (Å²) < 4.78 is 0.0731. The lowest BCUT2D eigenvalue weighted by atomic mass is 10.1. The maximum atomic E-state index is 5.80. The zero-order valence-electron chi connectivity index (χ0n) is 5.34. The van der Waals surface area contributed by atoms with Crippen LogP contribution in [0.15, 0.2) is 0 Å². The molecule has 0 aromatic heterocycles. The molecular weight excluding hydrogens is 303 g/mol. The second-order valence-corrected chi connectivity index (χ2v) is 7.15. The van der Waals surface area contributed by atoms with Gasteiger partial charge in [-0.1, -0.05) is 31.9 Å². The number of hydrogen-bond donors (Lipinski definition) is 0. The van der Waals surface area contributed by atoms with Crippen molar-refractivity contribution in [3.05, 3.63) is 0 Å². The van der Waals surface area contributed by atoms with Crippen LogP contribution in [0.3, 0.4) is 0 Å². The number of halogens is 4. The lowest BCUT2D eigenvalue weighted by molar-refractivity contribution is 0.561. The molecule has 1 saturated carbocycles. The Kier molecular flexibility index (Phi) is 3.00. The van der Waals surface area contributed by atoms with Gasteiger partial charge in [0.15, 0.2) is 0 Å². The molecule has 0 aliphatic heterocycles. The smallest absolute Gasteiger partial charge is 0.0880 e. The summed E-state index contributed by atoms with van der Waals surface area (Å²) >= 11 is 18.5. The molecule has 1 aliphatic carbocycles. The summed E-state index contributed by atoms with van der Waals surface area (Å²) in [4.78, 5) is 0. The first-order valence-electron chi connectivity index (χ1n) is 3.08. The average Bonchev–Trinajstić information content (AvgIpc) is 2.37. The third-order valence-corrected chi connectivity index (χ3v) is 4.98. The first-order valence-corrected chi connectivity index (χ1v) is 5.73. The summed E-state index contributed by atoms with van der Waals surface area (Å²) in [5, 5.41) is 0. The molecule has 0 nitrogen and oxygen atoms in total. The van der Waals surface area contributed by atoms with Gasteiger partial charge in [0.25, 0.3) is 0 Å². The fourth-order valence-corrected chi connectivity index (χ4v) is 3.94. The largest absolute Gasteiger partial charge is 0.127 e. The summed E-state index contributed by atoms with van der Waals surface area (Å²) in [5.74, 6) is 1.36. The molecule has 0 heterocycles. The molecule has 0 aromatic rings. The highest BCUT2D eigenvalue weighted by atomic mass is 79.9. The van der Waals surface area contributed by atoms with E-state index in [1.807, 2.05) is 0 Å². The summed E-state index contributed by atoms with van der Waals surface area (Å²) in [6.45, 7) is 0. The van der Waals surface area contributed by atoms with E-state index in [-0.39, 0.29) is 8.65 Å². The van der Waals surface area contributed by atoms with Crippen molar-refractivity contribution in [1.82, 2.24) is 0 Å². The Morgan fingerprint density at radius 2 is 1.80 bits per heavy atom. The average molecular weight is 311 g/mol. The Hall–Kier alpha value is 1.54. The molecule has 10 heavy (non-hydrogen) atoms. The van der Waals surface area contributed by atoms with Crippen LogP contribution in [0.25, 0.3) is 0 Å². The van der Waals surface area contributed by atoms with E-state index in [9.17, 15) is 0 Å². The summed E-state index contributed by atoms with van der Waals surface area (Å²) in [6, 6.07) is 0. The highest BCUT2D eigenvalue weighted by Crippen LogP contribution is 2.68. The van der Waals surface area contributed by atoms with E-state index in [0.29, 0.717) is 11.8 Å². The molecule has 0 aromatic carbocycles. The number of alkyl halides is 4. The minimum atomic E-state index is 0.0731. The van der Waals surface area contributed by atoms with Crippen LogP contribution in [-0.4, -0.2) is 15.0 Å². The van der Waals surface area contributed by atoms with E-state index in [1.165, 1.54) is 0 Å². The Morgan fingerprint density at radius 3 is 1.90 bits per heavy atom. The molecule has 0 N–H and O–H groups in total. The van der Waals surface area contributed by atoms with Crippen LogP contribution in [0, 0.1) is 5.41 Å². The molecular formula is C6H8Br2Cl2. The predicted octanol–water partition coefficient (Wildman–Crippen LogP) is 3.73. The van der Waals surface area contributed by atoms with Gasteiger partial charge in [0.05, 0.1) is 3.23 Å². The number of hydrogen-bond acceptors (Lipinski definition) is 0. The molecule has 0 saturated heterocycles. The lowest BCUT2D eigenvalue weighted by Gasteiger charge is -2.12. The van der Waals surface area contributed by atoms with Gasteiger partial charge in [0, 0.05) is 17.2 Å². The first kappa shape index (κ1) is 9.63. The highest BCUT2D eigenvalue weighted by molar-refractivity contribution is 9.25. The third-order valence-electron chi connectivity index (χ3n) is 2.04. The minimum absolute atomic E-state index is 0.0731. The van der Waals surface area contributed by atoms with Gasteiger partial charge in [-0.25, -0.2) is 0 Å². The Balaban J connectivity index is 2.50. The second-order valence-electron chi connectivity index (χ2n) is 2.73. The van der Waals surface area contributed by atoms with E-state index in [1.54, 1.807) is 0 Å². The topological polar surface area (TPSA) is 0 Å². The van der Waals surface area contributed by atoms with Crippen molar-refractivity contribution in [2.75, 3.05) is 11.8 Å². The van der Waals surface area contributed by atoms with E-state index in [0.717, 1.165) is 12.8 Å². The molecule has 60 valence electrons. The second kappa shape index (κ2) is 3.12. The fraction of sp³-hybridized carbons (Fsp3) is 1.00. The van der Waals surface area contributed by atoms with Crippen LogP contribution >= 0.6 is 55.1 Å². The van der Waals surface area contributed by atoms with Gasteiger partial charge in [-0.15, -0.1) is 23.2 Å². The number of rotatable bonds is 3. The SMILES string of the molecule is ClCCC1(CCl)CC1(Br)Br. The van der Waals surface area contributed by atoms with Crippen LogP contribution in [0.4, 0.5) is 0 Å². The molecule has 0 amide bonds. The van der Waals surface area contributed by atoms with Crippen molar-refractivity contribution in [1.29, 1.82) is 0 Å². The zero-order valence-corrected chi connectivity index (χ0v) is 10.0. The maximum Gasteiger partial charge on any atom is 0.0880 e. The zero-order chi connectivity index (χ0) is 7.83. The quantitative estimate of drug-likeness (QED) is 0.697. The van der Waals surface area contributed by atoms with Gasteiger partial charge in [0.2, 0.25) is 0 Å². The molecule has 0 radical (unpaired) electrons. The van der Waals surface area contributed by atoms with Crippen LogP contribution in [0.5, 0.6) is 0 Å². The molecule has 1 atom stereocenters. The van der Waals surface area contributed by atoms with Gasteiger partial charge in [-0.3, -0.25) is 0 Å². The summed E-state index contributed by atoms with van der Waals surface area (Å²) in [5.41, 5.74) is 0.205. The van der Waals surface area contributed by atoms with E-state index in [2.05, 4.69) is 31.9 Å². The van der Waals surface area contributed by atoms with E-state index in [4.69, 9.17) is 23.2 Å². The van der Waals surface area contributed by atoms with Gasteiger partial charge in [-0.2, -0.15) is 0 Å². The molecule has 1 aliphatic rings. The van der Waals surface area contributed by atoms with Gasteiger partial charge >= 0.3 is 0 Å². The van der Waals surface area contributed by atoms with Crippen LogP contribution < -0.4 is 0 Å². The van der Waals surface area contributed by atoms with Crippen molar-refractivity contribution in [3.8, 4) is 0 Å². The summed E-state index contributed by atoms with van der Waals surface area (Å²) in [6.07, 6.45) is 2.06. The Morgan fingerprint density at radius 1 is 1.30 bits per heavy atom. The van der Waals surface area contributed by atoms with Crippen LogP contribution in [-0.2, 0) is 0 Å². The molecule has 1 rings (SSSR count). The van der Waals surface area contributed by atoms with Crippen molar-refractivity contribution in [2.45, 2.75) is 16.1 Å². The molecule has 4 heteroatoms. The van der Waals surface area contributed by atoms with Crippen LogP contribution in [0.1, 0.15) is 12.8 Å². The molecule has 1 fully saturated rings. The van der Waals surface area contributed by atoms with Crippen molar-refractivity contribution in [2.24, 2.45) is 5.41 Å². The predicted molar refractivity (Wildman–Crippen MR) is 53.7 cm³/mol. The summed E-state index contributed by atoms with van der Waals surface area (Å²) in [7, 11) is 0. The highest BCUT2D eigenvalue weighted by Gasteiger charge is 2.63. The van der Waals surface area contributed by atoms with Gasteiger partial charge < -0.3 is 0 Å². The first-order chi connectivity index (χ1) is 4.58. The van der Waals surface area contributed by atoms with Crippen molar-refractivity contribution < 1.29 is 0 Å². The van der Waals surface area contributed by atoms with Crippen molar-refractivity contribution in [3.63, 3.8) is 0 Å². The molecule has 0 spiro atoms. The standard InChI is InChI=1S/C6H8Br2Cl2/c7-6(8)3-5(6,4-10)1-2-9/h1-4H2. The molecule has 1 unspecified atom stereocenters. The van der Waals surface area contributed by atoms with Crippen molar-refractivity contribution >= 4 is 55.1 Å². The Labute approximate surface area is 87.9 Å². The van der Waals surface area contributed by atoms with E-state index < -0.39 is 0 Å². The van der Waals surface area contributed by atoms with Crippen LogP contribution in [0.2, 0.25) is 0 Å². The maximum absolute atomic E-state index is 5.80. The van der Waals surface area contributed by atoms with Gasteiger partial charge in [-0.05, 0) is 12.8 Å². The minimum Gasteiger partial charge on any atom is -0.127 e. The van der Waals surface area contributed by atoms with E-state index >= 15 is 0 Å². The fourth-order valence-electron chi connectivity index (χ4n) is 1.04. The third kappa shape index (κ3) is 1.50. The van der Waals surface area contributed by atoms with Gasteiger partial charge in [0.1, 0.15) is 0 Å². The Bertz CT molecular complexity index is 138. The molecule has 0 bridgehead atoms. The normalized spacial score (nSPS) is 36.0. The monoisotopic (exact) mass is 308 g/mol. The lowest BCUT2D eigenvalue weighted by Crippen LogP contribution is -2.11.